The Hall–Kier alpha value is -2.12. The van der Waals surface area contributed by atoms with Gasteiger partial charge in [0.1, 0.15) is 5.65 Å². The Morgan fingerprint density at radius 1 is 1.07 bits per heavy atom. The van der Waals surface area contributed by atoms with Gasteiger partial charge in [-0.15, -0.1) is 0 Å². The van der Waals surface area contributed by atoms with Gasteiger partial charge >= 0.3 is 0 Å². The minimum Gasteiger partial charge on any atom is -0.343 e. The quantitative estimate of drug-likeness (QED) is 0.660. The van der Waals surface area contributed by atoms with Crippen LogP contribution in [-0.2, 0) is 16.1 Å². The molecule has 2 aromatic rings. The van der Waals surface area contributed by atoms with Crippen LogP contribution in [0.4, 0.5) is 0 Å². The van der Waals surface area contributed by atoms with E-state index in [4.69, 9.17) is 11.6 Å². The van der Waals surface area contributed by atoms with Crippen LogP contribution in [0.25, 0.3) is 5.65 Å². The zero-order valence-corrected chi connectivity index (χ0v) is 18.1. The smallest absolute Gasteiger partial charge is 0.222 e. The highest BCUT2D eigenvalue weighted by Crippen LogP contribution is 2.14. The lowest BCUT2D eigenvalue weighted by Crippen LogP contribution is -2.48. The van der Waals surface area contributed by atoms with Gasteiger partial charge in [0.05, 0.1) is 10.7 Å². The molecule has 2 amide bonds. The second kappa shape index (κ2) is 10.1. The number of hydrogen-bond donors (Lipinski definition) is 0. The molecule has 0 N–H and O–H groups in total. The van der Waals surface area contributed by atoms with E-state index >= 15 is 0 Å². The lowest BCUT2D eigenvalue weighted by atomic mass is 10.2. The van der Waals surface area contributed by atoms with Crippen LogP contribution in [0.5, 0.6) is 0 Å². The molecule has 3 heterocycles. The number of halogens is 1. The van der Waals surface area contributed by atoms with Crippen molar-refractivity contribution in [1.82, 2.24) is 24.1 Å². The Morgan fingerprint density at radius 2 is 1.79 bits per heavy atom. The summed E-state index contributed by atoms with van der Waals surface area (Å²) in [6.45, 7) is 9.29. The number of aromatic nitrogens is 2. The standard InChI is InChI=1S/C21H30ClN5O2/c1-3-25(4-2)20(28)6-5-7-21(29)26-12-10-24(11-13-26)15-18-16-27-14-17(22)8-9-19(27)23-18/h8-9,14,16H,3-7,10-13,15H2,1-2H3. The molecule has 8 heteroatoms. The Bertz CT molecular complexity index is 841. The minimum absolute atomic E-state index is 0.140. The second-order valence-corrected chi connectivity index (χ2v) is 7.86. The summed E-state index contributed by atoms with van der Waals surface area (Å²) in [7, 11) is 0. The molecule has 7 nitrogen and oxygen atoms in total. The maximum absolute atomic E-state index is 12.5. The molecule has 2 aromatic heterocycles. The highest BCUT2D eigenvalue weighted by atomic mass is 35.5. The predicted octanol–water partition coefficient (Wildman–Crippen LogP) is 2.67. The summed E-state index contributed by atoms with van der Waals surface area (Å²) in [5.74, 6) is 0.292. The number of nitrogens with zero attached hydrogens (tertiary/aromatic N) is 5. The molecule has 0 saturated carbocycles. The highest BCUT2D eigenvalue weighted by molar-refractivity contribution is 6.30. The molecule has 1 saturated heterocycles. The number of hydrogen-bond acceptors (Lipinski definition) is 4. The number of pyridine rings is 1. The van der Waals surface area contributed by atoms with Crippen LogP contribution >= 0.6 is 11.6 Å². The van der Waals surface area contributed by atoms with Gasteiger partial charge < -0.3 is 14.2 Å². The fourth-order valence-corrected chi connectivity index (χ4v) is 3.93. The Kier molecular flexibility index (Phi) is 7.50. The molecule has 1 fully saturated rings. The first-order valence-corrected chi connectivity index (χ1v) is 10.8. The van der Waals surface area contributed by atoms with Crippen molar-refractivity contribution in [3.63, 3.8) is 0 Å². The first-order valence-electron chi connectivity index (χ1n) is 10.4. The van der Waals surface area contributed by atoms with Crippen molar-refractivity contribution in [2.75, 3.05) is 39.3 Å². The van der Waals surface area contributed by atoms with Crippen LogP contribution in [0.15, 0.2) is 24.5 Å². The Labute approximate surface area is 177 Å². The summed E-state index contributed by atoms with van der Waals surface area (Å²) in [5.41, 5.74) is 1.89. The molecule has 0 bridgehead atoms. The molecule has 0 aromatic carbocycles. The van der Waals surface area contributed by atoms with Gasteiger partial charge in [-0.1, -0.05) is 11.6 Å². The zero-order valence-electron chi connectivity index (χ0n) is 17.3. The number of carbonyl (C=O) groups excluding carboxylic acids is 2. The SMILES string of the molecule is CCN(CC)C(=O)CCCC(=O)N1CCN(Cc2cn3cc(Cl)ccc3n2)CC1. The van der Waals surface area contributed by atoms with E-state index in [1.54, 1.807) is 0 Å². The molecule has 0 unspecified atom stereocenters. The van der Waals surface area contributed by atoms with E-state index < -0.39 is 0 Å². The predicted molar refractivity (Wildman–Crippen MR) is 114 cm³/mol. The molecular formula is C21H30ClN5O2. The van der Waals surface area contributed by atoms with Crippen LogP contribution in [0.1, 0.15) is 38.8 Å². The van der Waals surface area contributed by atoms with Crippen LogP contribution in [0.3, 0.4) is 0 Å². The number of fused-ring (bicyclic) bond motifs is 1. The average Bonchev–Trinajstić information content (AvgIpc) is 3.10. The molecule has 29 heavy (non-hydrogen) atoms. The highest BCUT2D eigenvalue weighted by Gasteiger charge is 2.22. The van der Waals surface area contributed by atoms with Gasteiger partial charge in [-0.2, -0.15) is 0 Å². The number of carbonyl (C=O) groups is 2. The largest absolute Gasteiger partial charge is 0.343 e. The van der Waals surface area contributed by atoms with Crippen molar-refractivity contribution in [1.29, 1.82) is 0 Å². The van der Waals surface area contributed by atoms with E-state index in [1.165, 1.54) is 0 Å². The van der Waals surface area contributed by atoms with Gasteiger partial charge in [0.25, 0.3) is 0 Å². The molecular weight excluding hydrogens is 390 g/mol. The lowest BCUT2D eigenvalue weighted by Gasteiger charge is -2.34. The Morgan fingerprint density at radius 3 is 2.48 bits per heavy atom. The van der Waals surface area contributed by atoms with Crippen molar-refractivity contribution >= 4 is 29.1 Å². The molecule has 158 valence electrons. The summed E-state index contributed by atoms with van der Waals surface area (Å²) in [6, 6.07) is 3.75. The van der Waals surface area contributed by atoms with Crippen molar-refractivity contribution < 1.29 is 9.59 Å². The third-order valence-corrected chi connectivity index (χ3v) is 5.70. The molecule has 3 rings (SSSR count). The fourth-order valence-electron chi connectivity index (χ4n) is 3.76. The van der Waals surface area contributed by atoms with Crippen LogP contribution in [0.2, 0.25) is 5.02 Å². The molecule has 1 aliphatic heterocycles. The van der Waals surface area contributed by atoms with Gasteiger partial charge in [-0.3, -0.25) is 14.5 Å². The maximum Gasteiger partial charge on any atom is 0.222 e. The van der Waals surface area contributed by atoms with Crippen molar-refractivity contribution in [2.45, 2.75) is 39.7 Å². The van der Waals surface area contributed by atoms with Crippen molar-refractivity contribution in [3.05, 3.63) is 35.2 Å². The van der Waals surface area contributed by atoms with Gasteiger partial charge in [-0.05, 0) is 32.4 Å². The summed E-state index contributed by atoms with van der Waals surface area (Å²) >= 11 is 6.03. The van der Waals surface area contributed by atoms with Gasteiger partial charge in [-0.25, -0.2) is 4.98 Å². The first-order chi connectivity index (χ1) is 14.0. The van der Waals surface area contributed by atoms with Gasteiger partial charge in [0.15, 0.2) is 0 Å². The van der Waals surface area contributed by atoms with Crippen molar-refractivity contribution in [3.8, 4) is 0 Å². The van der Waals surface area contributed by atoms with Crippen LogP contribution in [-0.4, -0.2) is 75.2 Å². The maximum atomic E-state index is 12.5. The number of piperazine rings is 1. The Balaban J connectivity index is 1.41. The van der Waals surface area contributed by atoms with E-state index in [0.717, 1.165) is 57.2 Å². The summed E-state index contributed by atoms with van der Waals surface area (Å²) in [5, 5.41) is 0.687. The number of amides is 2. The van der Waals surface area contributed by atoms with Gasteiger partial charge in [0, 0.05) is 71.0 Å². The van der Waals surface area contributed by atoms with Gasteiger partial charge in [0.2, 0.25) is 11.8 Å². The fraction of sp³-hybridized carbons (Fsp3) is 0.571. The van der Waals surface area contributed by atoms with E-state index in [-0.39, 0.29) is 11.8 Å². The van der Waals surface area contributed by atoms with Crippen LogP contribution in [0, 0.1) is 0 Å². The average molecular weight is 420 g/mol. The lowest BCUT2D eigenvalue weighted by molar-refractivity contribution is -0.133. The van der Waals surface area contributed by atoms with E-state index in [2.05, 4.69) is 9.88 Å². The second-order valence-electron chi connectivity index (χ2n) is 7.42. The molecule has 0 spiro atoms. The number of imidazole rings is 1. The number of rotatable bonds is 8. The van der Waals surface area contributed by atoms with Crippen LogP contribution < -0.4 is 0 Å². The molecule has 0 aliphatic carbocycles. The zero-order chi connectivity index (χ0) is 20.8. The summed E-state index contributed by atoms with van der Waals surface area (Å²) in [6.07, 6.45) is 5.38. The van der Waals surface area contributed by atoms with E-state index in [1.807, 2.05) is 52.6 Å². The first kappa shape index (κ1) is 21.6. The third kappa shape index (κ3) is 5.70. The topological polar surface area (TPSA) is 61.2 Å². The molecule has 1 aliphatic rings. The summed E-state index contributed by atoms with van der Waals surface area (Å²) < 4.78 is 1.94. The van der Waals surface area contributed by atoms with E-state index in [0.29, 0.717) is 24.3 Å². The third-order valence-electron chi connectivity index (χ3n) is 5.47. The van der Waals surface area contributed by atoms with Crippen molar-refractivity contribution in [2.24, 2.45) is 0 Å². The minimum atomic E-state index is 0.140. The molecule has 0 atom stereocenters. The monoisotopic (exact) mass is 419 g/mol. The molecule has 0 radical (unpaired) electrons. The van der Waals surface area contributed by atoms with E-state index in [9.17, 15) is 9.59 Å². The summed E-state index contributed by atoms with van der Waals surface area (Å²) in [4.78, 5) is 35.2. The normalized spacial score (nSPS) is 15.1.